The van der Waals surface area contributed by atoms with Gasteiger partial charge in [0.05, 0.1) is 18.9 Å². The van der Waals surface area contributed by atoms with Crippen LogP contribution in [-0.4, -0.2) is 40.2 Å². The van der Waals surface area contributed by atoms with Crippen molar-refractivity contribution >= 4 is 5.91 Å². The van der Waals surface area contributed by atoms with E-state index < -0.39 is 0 Å². The van der Waals surface area contributed by atoms with Crippen molar-refractivity contribution in [3.63, 3.8) is 0 Å². The van der Waals surface area contributed by atoms with Gasteiger partial charge in [0.2, 0.25) is 0 Å². The summed E-state index contributed by atoms with van der Waals surface area (Å²) < 4.78 is 11.3. The van der Waals surface area contributed by atoms with E-state index in [4.69, 9.17) is 9.15 Å². The molecule has 1 aliphatic rings. The summed E-state index contributed by atoms with van der Waals surface area (Å²) in [6.45, 7) is 3.04. The highest BCUT2D eigenvalue weighted by Crippen LogP contribution is 2.26. The first-order chi connectivity index (χ1) is 12.2. The Morgan fingerprint density at radius 3 is 2.80 bits per heavy atom. The van der Waals surface area contributed by atoms with Gasteiger partial charge in [0.1, 0.15) is 11.8 Å². The Kier molecular flexibility index (Phi) is 4.11. The van der Waals surface area contributed by atoms with Gasteiger partial charge in [-0.2, -0.15) is 5.10 Å². The molecule has 1 saturated heterocycles. The van der Waals surface area contributed by atoms with Gasteiger partial charge in [-0.1, -0.05) is 30.3 Å². The fraction of sp³-hybridized carbons (Fsp3) is 0.263. The number of nitrogens with zero attached hydrogens (tertiary/aromatic N) is 2. The van der Waals surface area contributed by atoms with Crippen LogP contribution in [0.5, 0.6) is 0 Å². The van der Waals surface area contributed by atoms with Crippen molar-refractivity contribution < 1.29 is 13.9 Å². The molecule has 2 aromatic heterocycles. The van der Waals surface area contributed by atoms with E-state index in [1.807, 2.05) is 43.3 Å². The molecule has 1 N–H and O–H groups in total. The molecule has 4 rings (SSSR count). The van der Waals surface area contributed by atoms with Gasteiger partial charge in [-0.05, 0) is 24.6 Å². The highest BCUT2D eigenvalue weighted by Gasteiger charge is 2.31. The zero-order valence-corrected chi connectivity index (χ0v) is 13.9. The summed E-state index contributed by atoms with van der Waals surface area (Å²) in [7, 11) is 0. The molecule has 6 nitrogen and oxygen atoms in total. The van der Waals surface area contributed by atoms with Crippen molar-refractivity contribution in [3.05, 3.63) is 66.1 Å². The average molecular weight is 337 g/mol. The summed E-state index contributed by atoms with van der Waals surface area (Å²) in [6, 6.07) is 15.3. The first kappa shape index (κ1) is 15.7. The first-order valence-electron chi connectivity index (χ1n) is 8.29. The molecule has 6 heteroatoms. The Labute approximate surface area is 145 Å². The highest BCUT2D eigenvalue weighted by molar-refractivity contribution is 5.93. The van der Waals surface area contributed by atoms with Crippen LogP contribution in [0.4, 0.5) is 0 Å². The second-order valence-electron chi connectivity index (χ2n) is 6.20. The number of H-pyrrole nitrogens is 1. The number of carbonyl (C=O) groups excluding carboxylic acids is 1. The number of rotatable bonds is 3. The van der Waals surface area contributed by atoms with Gasteiger partial charge in [0, 0.05) is 12.6 Å². The van der Waals surface area contributed by atoms with E-state index in [2.05, 4.69) is 10.2 Å². The Morgan fingerprint density at radius 2 is 2.04 bits per heavy atom. The number of aromatic nitrogens is 2. The molecule has 0 radical (unpaired) electrons. The maximum absolute atomic E-state index is 12.9. The predicted molar refractivity (Wildman–Crippen MR) is 91.9 cm³/mol. The number of amides is 1. The van der Waals surface area contributed by atoms with Gasteiger partial charge in [0.25, 0.3) is 5.91 Å². The molecule has 128 valence electrons. The number of aromatic amines is 1. The predicted octanol–water partition coefficient (Wildman–Crippen LogP) is 3.27. The van der Waals surface area contributed by atoms with Crippen molar-refractivity contribution in [1.29, 1.82) is 0 Å². The zero-order valence-electron chi connectivity index (χ0n) is 13.9. The Hall–Kier alpha value is -2.86. The fourth-order valence-electron chi connectivity index (χ4n) is 3.12. The summed E-state index contributed by atoms with van der Waals surface area (Å²) in [5.41, 5.74) is 2.15. The topological polar surface area (TPSA) is 71.4 Å². The lowest BCUT2D eigenvalue weighted by Gasteiger charge is -2.36. The lowest BCUT2D eigenvalue weighted by atomic mass is 10.1. The molecular weight excluding hydrogens is 318 g/mol. The summed E-state index contributed by atoms with van der Waals surface area (Å²) in [4.78, 5) is 14.7. The van der Waals surface area contributed by atoms with Crippen LogP contribution >= 0.6 is 0 Å². The maximum atomic E-state index is 12.9. The number of hydrogen-bond donors (Lipinski definition) is 1. The van der Waals surface area contributed by atoms with Crippen molar-refractivity contribution in [2.45, 2.75) is 19.1 Å². The first-order valence-corrected chi connectivity index (χ1v) is 8.29. The minimum Gasteiger partial charge on any atom is -0.463 e. The van der Waals surface area contributed by atoms with Crippen molar-refractivity contribution in [3.8, 4) is 11.5 Å². The van der Waals surface area contributed by atoms with E-state index in [0.29, 0.717) is 30.2 Å². The van der Waals surface area contributed by atoms with Crippen LogP contribution in [0, 0.1) is 0 Å². The lowest BCUT2D eigenvalue weighted by Crippen LogP contribution is -2.46. The number of benzene rings is 1. The molecule has 0 unspecified atom stereocenters. The number of morpholine rings is 1. The Balaban J connectivity index is 1.53. The molecule has 25 heavy (non-hydrogen) atoms. The largest absolute Gasteiger partial charge is 0.463 e. The van der Waals surface area contributed by atoms with E-state index in [0.717, 1.165) is 5.56 Å². The van der Waals surface area contributed by atoms with Crippen molar-refractivity contribution in [2.75, 3.05) is 13.1 Å². The van der Waals surface area contributed by atoms with Crippen LogP contribution < -0.4 is 0 Å². The molecule has 3 aromatic rings. The van der Waals surface area contributed by atoms with Crippen LogP contribution in [0.15, 0.2) is 59.2 Å². The van der Waals surface area contributed by atoms with Crippen LogP contribution in [0.2, 0.25) is 0 Å². The minimum absolute atomic E-state index is 0.0357. The molecule has 0 aliphatic carbocycles. The monoisotopic (exact) mass is 337 g/mol. The maximum Gasteiger partial charge on any atom is 0.274 e. The van der Waals surface area contributed by atoms with E-state index in [1.165, 1.54) is 0 Å². The van der Waals surface area contributed by atoms with Crippen LogP contribution in [0.1, 0.15) is 29.1 Å². The molecule has 0 spiro atoms. The summed E-state index contributed by atoms with van der Waals surface area (Å²) in [5.74, 6) is 0.550. The molecule has 1 aromatic carbocycles. The highest BCUT2D eigenvalue weighted by atomic mass is 16.5. The Bertz CT molecular complexity index is 842. The molecule has 2 atom stereocenters. The standard InChI is InChI=1S/C19H19N3O3/c1-13-11-22(12-18(25-13)14-6-3-2-4-7-14)19(23)16-10-15(20-21-16)17-8-5-9-24-17/h2-10,13,18H,11-12H2,1H3,(H,20,21)/t13-,18-/m1/s1. The van der Waals surface area contributed by atoms with E-state index in [-0.39, 0.29) is 18.1 Å². The van der Waals surface area contributed by atoms with Crippen LogP contribution in [0.25, 0.3) is 11.5 Å². The molecular formula is C19H19N3O3. The Morgan fingerprint density at radius 1 is 1.20 bits per heavy atom. The molecule has 1 fully saturated rings. The third-order valence-corrected chi connectivity index (χ3v) is 4.30. The van der Waals surface area contributed by atoms with E-state index >= 15 is 0 Å². The number of carbonyl (C=O) groups is 1. The zero-order chi connectivity index (χ0) is 17.2. The summed E-state index contributed by atoms with van der Waals surface area (Å²) >= 11 is 0. The second-order valence-corrected chi connectivity index (χ2v) is 6.20. The van der Waals surface area contributed by atoms with E-state index in [1.54, 1.807) is 23.3 Å². The van der Waals surface area contributed by atoms with Crippen LogP contribution in [0.3, 0.4) is 0 Å². The normalized spacial score (nSPS) is 20.6. The second kappa shape index (κ2) is 6.57. The quantitative estimate of drug-likeness (QED) is 0.796. The van der Waals surface area contributed by atoms with Gasteiger partial charge in [-0.3, -0.25) is 9.89 Å². The smallest absolute Gasteiger partial charge is 0.274 e. The molecule has 1 aliphatic heterocycles. The van der Waals surface area contributed by atoms with Gasteiger partial charge in [-0.15, -0.1) is 0 Å². The minimum atomic E-state index is -0.127. The SMILES string of the molecule is C[C@@H]1CN(C(=O)c2cc(-c3ccco3)[nH]n2)C[C@H](c2ccccc2)O1. The number of hydrogen-bond acceptors (Lipinski definition) is 4. The van der Waals surface area contributed by atoms with Crippen LogP contribution in [-0.2, 0) is 4.74 Å². The molecule has 0 bridgehead atoms. The van der Waals surface area contributed by atoms with Gasteiger partial charge >= 0.3 is 0 Å². The number of ether oxygens (including phenoxy) is 1. The average Bonchev–Trinajstić information content (AvgIpc) is 3.32. The van der Waals surface area contributed by atoms with Crippen molar-refractivity contribution in [1.82, 2.24) is 15.1 Å². The third-order valence-electron chi connectivity index (χ3n) is 4.30. The van der Waals surface area contributed by atoms with Gasteiger partial charge in [-0.25, -0.2) is 0 Å². The molecule has 0 saturated carbocycles. The molecule has 1 amide bonds. The number of furan rings is 1. The summed E-state index contributed by atoms with van der Waals surface area (Å²) in [5, 5.41) is 7.01. The van der Waals surface area contributed by atoms with Crippen molar-refractivity contribution in [2.24, 2.45) is 0 Å². The number of nitrogens with one attached hydrogen (secondary N) is 1. The fourth-order valence-corrected chi connectivity index (χ4v) is 3.12. The lowest BCUT2D eigenvalue weighted by molar-refractivity contribution is -0.0692. The third kappa shape index (κ3) is 3.21. The van der Waals surface area contributed by atoms with Gasteiger partial charge < -0.3 is 14.1 Å². The van der Waals surface area contributed by atoms with Gasteiger partial charge in [0.15, 0.2) is 11.5 Å². The summed E-state index contributed by atoms with van der Waals surface area (Å²) in [6.07, 6.45) is 1.43. The van der Waals surface area contributed by atoms with E-state index in [9.17, 15) is 4.79 Å². The molecule has 3 heterocycles.